The summed E-state index contributed by atoms with van der Waals surface area (Å²) in [5, 5.41) is 1.88. The minimum atomic E-state index is 1.10. The van der Waals surface area contributed by atoms with Gasteiger partial charge < -0.3 is 0 Å². The summed E-state index contributed by atoms with van der Waals surface area (Å²) in [6.07, 6.45) is 1.23. The summed E-state index contributed by atoms with van der Waals surface area (Å²) < 4.78 is 0. The maximum absolute atomic E-state index is 3.58. The van der Waals surface area contributed by atoms with Crippen LogP contribution in [0.1, 0.15) is 6.42 Å². The molecule has 0 aromatic heterocycles. The van der Waals surface area contributed by atoms with E-state index in [0.29, 0.717) is 0 Å². The number of hydrogen-bond acceptors (Lipinski definition) is 1. The SMILES string of the molecule is C=CSCCC[Si]. The van der Waals surface area contributed by atoms with E-state index >= 15 is 0 Å². The Kier molecular flexibility index (Phi) is 6.58. The second kappa shape index (κ2) is 6.31. The minimum Gasteiger partial charge on any atom is -0.135 e. The molecular weight excluding hydrogens is 120 g/mol. The van der Waals surface area contributed by atoms with E-state index in [1.807, 2.05) is 5.41 Å². The van der Waals surface area contributed by atoms with Gasteiger partial charge >= 0.3 is 0 Å². The van der Waals surface area contributed by atoms with Crippen molar-refractivity contribution in [1.82, 2.24) is 0 Å². The van der Waals surface area contributed by atoms with Crippen molar-refractivity contribution in [3.63, 3.8) is 0 Å². The molecule has 0 spiro atoms. The molecule has 0 N–H and O–H groups in total. The molecule has 0 rings (SSSR count). The molecule has 0 aromatic rings. The van der Waals surface area contributed by atoms with Crippen LogP contribution in [-0.2, 0) is 0 Å². The molecule has 7 heavy (non-hydrogen) atoms. The lowest BCUT2D eigenvalue weighted by atomic mass is 10.6. The Morgan fingerprint density at radius 1 is 1.71 bits per heavy atom. The van der Waals surface area contributed by atoms with Crippen LogP contribution in [-0.4, -0.2) is 16.0 Å². The summed E-state index contributed by atoms with van der Waals surface area (Å²) in [4.78, 5) is 0. The van der Waals surface area contributed by atoms with Crippen molar-refractivity contribution in [2.24, 2.45) is 0 Å². The van der Waals surface area contributed by atoms with E-state index in [9.17, 15) is 0 Å². The fourth-order valence-electron chi connectivity index (χ4n) is 0.239. The van der Waals surface area contributed by atoms with Gasteiger partial charge in [-0.25, -0.2) is 0 Å². The van der Waals surface area contributed by atoms with Crippen LogP contribution < -0.4 is 0 Å². The Morgan fingerprint density at radius 3 is 2.86 bits per heavy atom. The summed E-state index contributed by atoms with van der Waals surface area (Å²) in [5.41, 5.74) is 0. The maximum Gasteiger partial charge on any atom is 0.0222 e. The molecule has 0 heterocycles. The van der Waals surface area contributed by atoms with Crippen molar-refractivity contribution in [2.75, 3.05) is 5.75 Å². The molecule has 0 bridgehead atoms. The van der Waals surface area contributed by atoms with Crippen molar-refractivity contribution in [3.05, 3.63) is 12.0 Å². The lowest BCUT2D eigenvalue weighted by Crippen LogP contribution is -1.73. The second-order valence-corrected chi connectivity index (χ2v) is 2.72. The van der Waals surface area contributed by atoms with Gasteiger partial charge in [0.25, 0.3) is 0 Å². The smallest absolute Gasteiger partial charge is 0.0222 e. The van der Waals surface area contributed by atoms with Crippen LogP contribution >= 0.6 is 11.8 Å². The lowest BCUT2D eigenvalue weighted by Gasteiger charge is -1.87. The molecule has 0 aliphatic heterocycles. The summed E-state index contributed by atoms with van der Waals surface area (Å²) in [5.74, 6) is 1.19. The number of thioether (sulfide) groups is 1. The zero-order valence-electron chi connectivity index (χ0n) is 4.31. The third-order valence-corrected chi connectivity index (χ3v) is 1.67. The maximum atomic E-state index is 3.58. The van der Waals surface area contributed by atoms with Gasteiger partial charge in [-0.3, -0.25) is 0 Å². The van der Waals surface area contributed by atoms with E-state index < -0.39 is 0 Å². The van der Waals surface area contributed by atoms with Gasteiger partial charge in [-0.15, -0.1) is 11.8 Å². The Morgan fingerprint density at radius 2 is 2.43 bits per heavy atom. The molecule has 0 unspecified atom stereocenters. The van der Waals surface area contributed by atoms with Crippen molar-refractivity contribution >= 4 is 22.0 Å². The van der Waals surface area contributed by atoms with E-state index in [4.69, 9.17) is 0 Å². The number of hydrogen-bond donors (Lipinski definition) is 0. The highest BCUT2D eigenvalue weighted by molar-refractivity contribution is 8.02. The van der Waals surface area contributed by atoms with E-state index in [0.717, 1.165) is 6.04 Å². The standard InChI is InChI=1S/C5H9SSi/c1-2-6-4-3-5-7/h2H,1,3-5H2. The van der Waals surface area contributed by atoms with Gasteiger partial charge in [0.15, 0.2) is 0 Å². The van der Waals surface area contributed by atoms with E-state index in [-0.39, 0.29) is 0 Å². The molecule has 39 valence electrons. The molecule has 0 nitrogen and oxygen atoms in total. The Hall–Kier alpha value is 0.307. The van der Waals surface area contributed by atoms with Crippen molar-refractivity contribution in [1.29, 1.82) is 0 Å². The molecule has 0 aromatic carbocycles. The highest BCUT2D eigenvalue weighted by atomic mass is 32.2. The predicted molar refractivity (Wildman–Crippen MR) is 37.8 cm³/mol. The van der Waals surface area contributed by atoms with Gasteiger partial charge in [0.05, 0.1) is 0 Å². The first-order valence-corrected chi connectivity index (χ1v) is 4.04. The second-order valence-electron chi connectivity index (χ2n) is 1.14. The van der Waals surface area contributed by atoms with Crippen LogP contribution in [0.25, 0.3) is 0 Å². The molecule has 0 saturated heterocycles. The number of rotatable bonds is 4. The highest BCUT2D eigenvalue weighted by Gasteiger charge is 1.77. The summed E-state index contributed by atoms with van der Waals surface area (Å²) >= 11 is 1.77. The van der Waals surface area contributed by atoms with Gasteiger partial charge in [0.1, 0.15) is 0 Å². The monoisotopic (exact) mass is 129 g/mol. The first kappa shape index (κ1) is 7.31. The van der Waals surface area contributed by atoms with Crippen LogP contribution in [0.15, 0.2) is 12.0 Å². The average Bonchev–Trinajstić information content (AvgIpc) is 1.69. The fraction of sp³-hybridized carbons (Fsp3) is 0.600. The van der Waals surface area contributed by atoms with Gasteiger partial charge in [-0.2, -0.15) is 0 Å². The lowest BCUT2D eigenvalue weighted by molar-refractivity contribution is 1.10. The minimum absolute atomic E-state index is 1.10. The first-order valence-electron chi connectivity index (χ1n) is 2.29. The van der Waals surface area contributed by atoms with Crippen LogP contribution in [0.2, 0.25) is 6.04 Å². The van der Waals surface area contributed by atoms with Gasteiger partial charge in [0, 0.05) is 10.2 Å². The molecule has 0 aliphatic carbocycles. The first-order chi connectivity index (χ1) is 3.41. The zero-order valence-corrected chi connectivity index (χ0v) is 6.13. The van der Waals surface area contributed by atoms with Crippen molar-refractivity contribution < 1.29 is 0 Å². The van der Waals surface area contributed by atoms with Gasteiger partial charge in [-0.05, 0) is 17.6 Å². The Balaban J connectivity index is 2.56. The molecule has 0 amide bonds. The van der Waals surface area contributed by atoms with E-state index in [1.54, 1.807) is 11.8 Å². The molecule has 3 radical (unpaired) electrons. The van der Waals surface area contributed by atoms with E-state index in [2.05, 4.69) is 16.8 Å². The van der Waals surface area contributed by atoms with Crippen LogP contribution in [0.4, 0.5) is 0 Å². The molecule has 0 saturated carbocycles. The molecular formula is C5H9SSi. The predicted octanol–water partition coefficient (Wildman–Crippen LogP) is 1.84. The normalized spacial score (nSPS) is 8.71. The summed E-state index contributed by atoms with van der Waals surface area (Å²) in [7, 11) is 3.37. The fourth-order valence-corrected chi connectivity index (χ4v) is 1.15. The van der Waals surface area contributed by atoms with Crippen molar-refractivity contribution in [3.8, 4) is 0 Å². The van der Waals surface area contributed by atoms with Crippen LogP contribution in [0, 0.1) is 0 Å². The van der Waals surface area contributed by atoms with Crippen LogP contribution in [0.5, 0.6) is 0 Å². The zero-order chi connectivity index (χ0) is 5.54. The largest absolute Gasteiger partial charge is 0.135 e. The molecule has 0 atom stereocenters. The quantitative estimate of drug-likeness (QED) is 0.412. The van der Waals surface area contributed by atoms with Gasteiger partial charge in [0.2, 0.25) is 0 Å². The van der Waals surface area contributed by atoms with Gasteiger partial charge in [-0.1, -0.05) is 12.6 Å². The van der Waals surface area contributed by atoms with Crippen LogP contribution in [0.3, 0.4) is 0 Å². The summed E-state index contributed by atoms with van der Waals surface area (Å²) in [6, 6.07) is 1.10. The van der Waals surface area contributed by atoms with E-state index in [1.165, 1.54) is 12.2 Å². The third-order valence-electron chi connectivity index (χ3n) is 0.557. The molecule has 2 heteroatoms. The summed E-state index contributed by atoms with van der Waals surface area (Å²) in [6.45, 7) is 3.58. The van der Waals surface area contributed by atoms with Crippen molar-refractivity contribution in [2.45, 2.75) is 12.5 Å². The molecule has 0 aliphatic rings. The average molecular weight is 129 g/mol. The Bertz CT molecular complexity index is 45.3. The highest BCUT2D eigenvalue weighted by Crippen LogP contribution is 2.02. The Labute approximate surface area is 52.8 Å². The topological polar surface area (TPSA) is 0 Å². The molecule has 0 fully saturated rings. The third kappa shape index (κ3) is 6.31.